The topological polar surface area (TPSA) is 49.7 Å². The van der Waals surface area contributed by atoms with Gasteiger partial charge in [0, 0.05) is 11.3 Å². The van der Waals surface area contributed by atoms with Gasteiger partial charge in [0.15, 0.2) is 0 Å². The Labute approximate surface area is 145 Å². The van der Waals surface area contributed by atoms with Crippen molar-refractivity contribution in [3.05, 3.63) is 59.2 Å². The van der Waals surface area contributed by atoms with Crippen LogP contribution in [0, 0.1) is 0 Å². The summed E-state index contributed by atoms with van der Waals surface area (Å²) in [5, 5.41) is 9.07. The molecule has 1 aliphatic heterocycles. The highest BCUT2D eigenvalue weighted by Gasteiger charge is 2.26. The Kier molecular flexibility index (Phi) is 4.15. The van der Waals surface area contributed by atoms with Gasteiger partial charge >= 0.3 is 5.97 Å². The third-order valence-corrected chi connectivity index (χ3v) is 5.98. The molecular weight excluding hydrogens is 318 g/mol. The molecule has 1 atom stereocenters. The van der Waals surface area contributed by atoms with E-state index in [0.717, 1.165) is 34.7 Å². The quantitative estimate of drug-likeness (QED) is 0.869. The molecule has 2 aromatic rings. The lowest BCUT2D eigenvalue weighted by atomic mass is 9.89. The maximum Gasteiger partial charge on any atom is 0.317 e. The molecule has 0 saturated heterocycles. The molecule has 24 heavy (non-hydrogen) atoms. The van der Waals surface area contributed by atoms with Gasteiger partial charge in [-0.25, -0.2) is 0 Å². The van der Waals surface area contributed by atoms with Crippen LogP contribution in [-0.2, 0) is 17.6 Å². The largest absolute Gasteiger partial charge is 0.480 e. The molecule has 1 aliphatic carbocycles. The summed E-state index contributed by atoms with van der Waals surface area (Å²) in [7, 11) is 0. The first kappa shape index (κ1) is 15.5. The lowest BCUT2D eigenvalue weighted by molar-refractivity contribution is -0.136. The van der Waals surface area contributed by atoms with Gasteiger partial charge in [-0.3, -0.25) is 9.79 Å². The number of hydrogen-bond acceptors (Lipinski definition) is 3. The minimum absolute atomic E-state index is 0.452. The normalized spacial score (nSPS) is 19.7. The van der Waals surface area contributed by atoms with Gasteiger partial charge in [-0.05, 0) is 60.6 Å². The second kappa shape index (κ2) is 6.44. The van der Waals surface area contributed by atoms with Crippen molar-refractivity contribution in [1.82, 2.24) is 0 Å². The summed E-state index contributed by atoms with van der Waals surface area (Å²) in [4.78, 5) is 17.4. The van der Waals surface area contributed by atoms with Crippen molar-refractivity contribution in [2.75, 3.05) is 0 Å². The molecule has 4 rings (SSSR count). The van der Waals surface area contributed by atoms with Gasteiger partial charge in [0.25, 0.3) is 0 Å². The minimum atomic E-state index is -0.776. The third kappa shape index (κ3) is 2.98. The third-order valence-electron chi connectivity index (χ3n) is 4.73. The van der Waals surface area contributed by atoms with Crippen molar-refractivity contribution >= 4 is 29.1 Å². The molecular formula is C20H19NO2S. The predicted octanol–water partition coefficient (Wildman–Crippen LogP) is 4.64. The Morgan fingerprint density at radius 2 is 1.88 bits per heavy atom. The summed E-state index contributed by atoms with van der Waals surface area (Å²) in [5.74, 6) is -0.776. The van der Waals surface area contributed by atoms with E-state index in [2.05, 4.69) is 18.2 Å². The highest BCUT2D eigenvalue weighted by Crippen LogP contribution is 2.38. The highest BCUT2D eigenvalue weighted by atomic mass is 32.2. The van der Waals surface area contributed by atoms with Gasteiger partial charge in [0.2, 0.25) is 0 Å². The Balaban J connectivity index is 1.78. The second-order valence-electron chi connectivity index (χ2n) is 6.37. The van der Waals surface area contributed by atoms with Crippen LogP contribution >= 0.6 is 11.8 Å². The SMILES string of the molecule is O=C(O)C1CC(c2ccc3c(c2)CCCC3)=Nc2ccccc2S1. The number of thioether (sulfide) groups is 1. The fraction of sp³-hybridized carbons (Fsp3) is 0.300. The van der Waals surface area contributed by atoms with Crippen LogP contribution in [0.1, 0.15) is 36.0 Å². The Bertz CT molecular complexity index is 828. The number of nitrogens with zero attached hydrogens (tertiary/aromatic N) is 1. The van der Waals surface area contributed by atoms with Gasteiger partial charge in [0.1, 0.15) is 5.25 Å². The first-order valence-corrected chi connectivity index (χ1v) is 9.27. The highest BCUT2D eigenvalue weighted by molar-refractivity contribution is 8.00. The summed E-state index contributed by atoms with van der Waals surface area (Å²) in [6.45, 7) is 0. The molecule has 0 saturated carbocycles. The minimum Gasteiger partial charge on any atom is -0.480 e. The number of rotatable bonds is 2. The molecule has 4 heteroatoms. The molecule has 2 aliphatic rings. The zero-order valence-corrected chi connectivity index (χ0v) is 14.2. The van der Waals surface area contributed by atoms with E-state index in [1.165, 1.54) is 35.7 Å². The van der Waals surface area contributed by atoms with Crippen molar-refractivity contribution in [3.63, 3.8) is 0 Å². The predicted molar refractivity (Wildman–Crippen MR) is 97.6 cm³/mol. The number of aliphatic carboxylic acids is 1. The van der Waals surface area contributed by atoms with Crippen molar-refractivity contribution in [2.45, 2.75) is 42.2 Å². The number of benzene rings is 2. The van der Waals surface area contributed by atoms with Crippen molar-refractivity contribution in [1.29, 1.82) is 0 Å². The van der Waals surface area contributed by atoms with Crippen molar-refractivity contribution in [3.8, 4) is 0 Å². The Morgan fingerprint density at radius 3 is 2.71 bits per heavy atom. The van der Waals surface area contributed by atoms with Crippen LogP contribution in [0.25, 0.3) is 0 Å². The van der Waals surface area contributed by atoms with Crippen molar-refractivity contribution < 1.29 is 9.90 Å². The average Bonchev–Trinajstić information content (AvgIpc) is 2.81. The van der Waals surface area contributed by atoms with Crippen LogP contribution < -0.4 is 0 Å². The number of carboxylic acids is 1. The summed E-state index contributed by atoms with van der Waals surface area (Å²) in [5.41, 5.74) is 5.66. The second-order valence-corrected chi connectivity index (χ2v) is 7.61. The Morgan fingerprint density at radius 1 is 1.08 bits per heavy atom. The van der Waals surface area contributed by atoms with Gasteiger partial charge < -0.3 is 5.11 Å². The van der Waals surface area contributed by atoms with Crippen LogP contribution in [0.15, 0.2) is 52.4 Å². The van der Waals surface area contributed by atoms with E-state index < -0.39 is 11.2 Å². The number of para-hydroxylation sites is 1. The van der Waals surface area contributed by atoms with Gasteiger partial charge in [-0.15, -0.1) is 11.8 Å². The molecule has 1 heterocycles. The fourth-order valence-electron chi connectivity index (χ4n) is 3.44. The van der Waals surface area contributed by atoms with E-state index in [4.69, 9.17) is 4.99 Å². The molecule has 2 aromatic carbocycles. The Hall–Kier alpha value is -2.07. The first-order valence-electron chi connectivity index (χ1n) is 8.39. The number of carbonyl (C=O) groups is 1. The maximum absolute atomic E-state index is 11.7. The number of aryl methyl sites for hydroxylation is 2. The zero-order chi connectivity index (χ0) is 16.5. The lowest BCUT2D eigenvalue weighted by Crippen LogP contribution is -2.20. The molecule has 0 amide bonds. The van der Waals surface area contributed by atoms with Gasteiger partial charge in [0.05, 0.1) is 11.4 Å². The van der Waals surface area contributed by atoms with Crippen LogP contribution in [-0.4, -0.2) is 22.0 Å². The monoisotopic (exact) mass is 337 g/mol. The molecule has 0 radical (unpaired) electrons. The van der Waals surface area contributed by atoms with E-state index in [-0.39, 0.29) is 0 Å². The van der Waals surface area contributed by atoms with Crippen LogP contribution in [0.5, 0.6) is 0 Å². The van der Waals surface area contributed by atoms with Crippen LogP contribution in [0.2, 0.25) is 0 Å². The van der Waals surface area contributed by atoms with Gasteiger partial charge in [-0.2, -0.15) is 0 Å². The number of aliphatic imine (C=N–C) groups is 1. The summed E-state index contributed by atoms with van der Waals surface area (Å²) >= 11 is 1.40. The van der Waals surface area contributed by atoms with E-state index in [0.29, 0.717) is 6.42 Å². The molecule has 122 valence electrons. The fourth-order valence-corrected chi connectivity index (χ4v) is 4.48. The molecule has 1 unspecified atom stereocenters. The first-order chi connectivity index (χ1) is 11.7. The van der Waals surface area contributed by atoms with E-state index >= 15 is 0 Å². The summed E-state index contributed by atoms with van der Waals surface area (Å²) in [6, 6.07) is 14.3. The van der Waals surface area contributed by atoms with E-state index in [1.54, 1.807) is 0 Å². The molecule has 1 N–H and O–H groups in total. The van der Waals surface area contributed by atoms with Crippen LogP contribution in [0.4, 0.5) is 5.69 Å². The average molecular weight is 337 g/mol. The molecule has 0 bridgehead atoms. The van der Waals surface area contributed by atoms with Gasteiger partial charge in [-0.1, -0.05) is 24.3 Å². The lowest BCUT2D eigenvalue weighted by Gasteiger charge is -2.17. The number of carboxylic acid groups (broad SMARTS) is 1. The molecule has 0 aromatic heterocycles. The number of fused-ring (bicyclic) bond motifs is 2. The molecule has 0 spiro atoms. The van der Waals surface area contributed by atoms with E-state index in [1.807, 2.05) is 24.3 Å². The van der Waals surface area contributed by atoms with Crippen LogP contribution in [0.3, 0.4) is 0 Å². The summed E-state index contributed by atoms with van der Waals surface area (Å²) < 4.78 is 0. The standard InChI is InChI=1S/C20H19NO2S/c22-20(23)19-12-17(21-16-7-3-4-8-18(16)24-19)15-10-9-13-5-1-2-6-14(13)11-15/h3-4,7-11,19H,1-2,5-6,12H2,(H,22,23). The molecule has 3 nitrogen and oxygen atoms in total. The summed E-state index contributed by atoms with van der Waals surface area (Å²) in [6.07, 6.45) is 5.22. The number of hydrogen-bond donors (Lipinski definition) is 1. The smallest absolute Gasteiger partial charge is 0.317 e. The van der Waals surface area contributed by atoms with Crippen molar-refractivity contribution in [2.24, 2.45) is 4.99 Å². The van der Waals surface area contributed by atoms with E-state index in [9.17, 15) is 9.90 Å². The molecule has 0 fully saturated rings. The zero-order valence-electron chi connectivity index (χ0n) is 13.4. The maximum atomic E-state index is 11.7.